The van der Waals surface area contributed by atoms with Crippen LogP contribution in [0.1, 0.15) is 16.8 Å². The summed E-state index contributed by atoms with van der Waals surface area (Å²) in [6, 6.07) is 0. The first-order valence-corrected chi connectivity index (χ1v) is 3.61. The summed E-state index contributed by atoms with van der Waals surface area (Å²) in [6.07, 6.45) is 1.53. The Bertz CT molecular complexity index is 334. The van der Waals surface area contributed by atoms with E-state index in [2.05, 4.69) is 4.98 Å². The van der Waals surface area contributed by atoms with E-state index in [1.807, 2.05) is 0 Å². The molecule has 0 amide bonds. The number of nitro groups is 1. The minimum atomic E-state index is -0.362. The number of nitrogens with zero attached hydrogens (tertiary/aromatic N) is 2. The van der Waals surface area contributed by atoms with E-state index in [1.165, 1.54) is 6.20 Å². The van der Waals surface area contributed by atoms with Crippen molar-refractivity contribution in [2.24, 2.45) is 0 Å². The van der Waals surface area contributed by atoms with Gasteiger partial charge in [0.05, 0.1) is 4.92 Å². The van der Waals surface area contributed by atoms with Gasteiger partial charge in [-0.1, -0.05) is 0 Å². The lowest BCUT2D eigenvalue weighted by molar-refractivity contribution is -0.386. The van der Waals surface area contributed by atoms with Crippen molar-refractivity contribution < 1.29 is 4.92 Å². The van der Waals surface area contributed by atoms with Crippen molar-refractivity contribution >= 4 is 5.69 Å². The van der Waals surface area contributed by atoms with Gasteiger partial charge >= 0.3 is 0 Å². The van der Waals surface area contributed by atoms with Gasteiger partial charge in [-0.05, 0) is 20.8 Å². The molecule has 0 spiro atoms. The van der Waals surface area contributed by atoms with Gasteiger partial charge in [0.1, 0.15) is 0 Å². The van der Waals surface area contributed by atoms with E-state index >= 15 is 0 Å². The highest BCUT2D eigenvalue weighted by atomic mass is 16.6. The molecule has 0 saturated heterocycles. The molecule has 1 aromatic rings. The average Bonchev–Trinajstić information content (AvgIpc) is 1.97. The van der Waals surface area contributed by atoms with Crippen LogP contribution in [0.2, 0.25) is 0 Å². The number of aromatic nitrogens is 1. The Hall–Kier alpha value is -1.45. The lowest BCUT2D eigenvalue weighted by Gasteiger charge is -2.02. The molecule has 0 aliphatic carbocycles. The van der Waals surface area contributed by atoms with E-state index in [-0.39, 0.29) is 10.6 Å². The summed E-state index contributed by atoms with van der Waals surface area (Å²) in [4.78, 5) is 14.2. The summed E-state index contributed by atoms with van der Waals surface area (Å²) in [5.41, 5.74) is 2.16. The Balaban J connectivity index is 3.43. The molecule has 0 N–H and O–H groups in total. The summed E-state index contributed by atoms with van der Waals surface area (Å²) < 4.78 is 0. The highest BCUT2D eigenvalue weighted by Crippen LogP contribution is 2.22. The first kappa shape index (κ1) is 8.64. The minimum Gasteiger partial charge on any atom is -0.261 e. The van der Waals surface area contributed by atoms with Crippen LogP contribution < -0.4 is 0 Å². The molecule has 4 heteroatoms. The summed E-state index contributed by atoms with van der Waals surface area (Å²) in [6.45, 7) is 5.17. The van der Waals surface area contributed by atoms with E-state index in [0.717, 1.165) is 0 Å². The molecule has 1 heterocycles. The van der Waals surface area contributed by atoms with Crippen LogP contribution in [0.3, 0.4) is 0 Å². The molecule has 0 aliphatic rings. The highest BCUT2D eigenvalue weighted by molar-refractivity contribution is 5.46. The van der Waals surface area contributed by atoms with Crippen LogP contribution in [-0.2, 0) is 0 Å². The molecule has 0 unspecified atom stereocenters. The maximum atomic E-state index is 10.6. The molecule has 1 rings (SSSR count). The van der Waals surface area contributed by atoms with E-state index < -0.39 is 0 Å². The third-order valence-electron chi connectivity index (χ3n) is 1.91. The van der Waals surface area contributed by atoms with Gasteiger partial charge in [-0.25, -0.2) is 0 Å². The van der Waals surface area contributed by atoms with Gasteiger partial charge in [0.15, 0.2) is 0 Å². The van der Waals surface area contributed by atoms with Crippen LogP contribution in [0.5, 0.6) is 0 Å². The minimum absolute atomic E-state index is 0.183. The average molecular weight is 166 g/mol. The monoisotopic (exact) mass is 166 g/mol. The molecule has 0 aromatic carbocycles. The smallest absolute Gasteiger partial charge is 0.261 e. The zero-order chi connectivity index (χ0) is 9.30. The van der Waals surface area contributed by atoms with Gasteiger partial charge in [-0.3, -0.25) is 15.1 Å². The van der Waals surface area contributed by atoms with Crippen LogP contribution in [0.15, 0.2) is 6.20 Å². The molecular formula is C8H10N2O2. The van der Waals surface area contributed by atoms with Gasteiger partial charge in [0, 0.05) is 23.0 Å². The Morgan fingerprint density at radius 2 is 2.00 bits per heavy atom. The second-order valence-electron chi connectivity index (χ2n) is 2.76. The zero-order valence-electron chi connectivity index (χ0n) is 7.29. The summed E-state index contributed by atoms with van der Waals surface area (Å²) >= 11 is 0. The summed E-state index contributed by atoms with van der Waals surface area (Å²) in [7, 11) is 0. The molecule has 0 saturated carbocycles. The van der Waals surface area contributed by atoms with E-state index in [0.29, 0.717) is 16.8 Å². The van der Waals surface area contributed by atoms with Gasteiger partial charge in [-0.2, -0.15) is 0 Å². The third kappa shape index (κ3) is 1.28. The number of pyridine rings is 1. The van der Waals surface area contributed by atoms with Crippen molar-refractivity contribution in [2.75, 3.05) is 0 Å². The molecule has 1 aromatic heterocycles. The number of rotatable bonds is 1. The van der Waals surface area contributed by atoms with E-state index in [4.69, 9.17) is 0 Å². The van der Waals surface area contributed by atoms with Crippen molar-refractivity contribution in [1.29, 1.82) is 0 Å². The van der Waals surface area contributed by atoms with Crippen molar-refractivity contribution in [3.8, 4) is 0 Å². The Labute approximate surface area is 70.4 Å². The largest absolute Gasteiger partial charge is 0.278 e. The Morgan fingerprint density at radius 1 is 1.42 bits per heavy atom. The molecule has 0 bridgehead atoms. The van der Waals surface area contributed by atoms with Gasteiger partial charge in [0.25, 0.3) is 5.69 Å². The van der Waals surface area contributed by atoms with Crippen molar-refractivity contribution in [1.82, 2.24) is 4.98 Å². The number of aryl methyl sites for hydroxylation is 2. The SMILES string of the molecule is Cc1cnc(C)c(C)c1[N+](=O)[O-]. The molecule has 0 aliphatic heterocycles. The van der Waals surface area contributed by atoms with Crippen molar-refractivity contribution in [3.05, 3.63) is 33.1 Å². The maximum Gasteiger partial charge on any atom is 0.278 e. The fourth-order valence-corrected chi connectivity index (χ4v) is 1.10. The second kappa shape index (κ2) is 2.89. The molecule has 4 nitrogen and oxygen atoms in total. The third-order valence-corrected chi connectivity index (χ3v) is 1.91. The number of hydrogen-bond acceptors (Lipinski definition) is 3. The van der Waals surface area contributed by atoms with Crippen LogP contribution in [0.25, 0.3) is 0 Å². The van der Waals surface area contributed by atoms with E-state index in [1.54, 1.807) is 20.8 Å². The Kier molecular flexibility index (Phi) is 2.08. The topological polar surface area (TPSA) is 56.0 Å². The van der Waals surface area contributed by atoms with Crippen molar-refractivity contribution in [3.63, 3.8) is 0 Å². The number of hydrogen-bond donors (Lipinski definition) is 0. The maximum absolute atomic E-state index is 10.6. The van der Waals surface area contributed by atoms with Gasteiger partial charge < -0.3 is 0 Å². The lowest BCUT2D eigenvalue weighted by atomic mass is 10.1. The van der Waals surface area contributed by atoms with Crippen LogP contribution in [0.4, 0.5) is 5.69 Å². The molecule has 0 atom stereocenters. The molecule has 64 valence electrons. The first-order valence-electron chi connectivity index (χ1n) is 3.61. The second-order valence-corrected chi connectivity index (χ2v) is 2.76. The first-order chi connectivity index (χ1) is 5.54. The van der Waals surface area contributed by atoms with Gasteiger partial charge in [-0.15, -0.1) is 0 Å². The van der Waals surface area contributed by atoms with Crippen LogP contribution in [0, 0.1) is 30.9 Å². The van der Waals surface area contributed by atoms with Crippen molar-refractivity contribution in [2.45, 2.75) is 20.8 Å². The van der Waals surface area contributed by atoms with E-state index in [9.17, 15) is 10.1 Å². The molecular weight excluding hydrogens is 156 g/mol. The summed E-state index contributed by atoms with van der Waals surface area (Å²) in [5, 5.41) is 10.6. The lowest BCUT2D eigenvalue weighted by Crippen LogP contribution is -1.98. The molecule has 0 radical (unpaired) electrons. The normalized spacial score (nSPS) is 9.92. The highest BCUT2D eigenvalue weighted by Gasteiger charge is 2.15. The quantitative estimate of drug-likeness (QED) is 0.473. The summed E-state index contributed by atoms with van der Waals surface area (Å²) in [5.74, 6) is 0. The van der Waals surface area contributed by atoms with Gasteiger partial charge in [0.2, 0.25) is 0 Å². The predicted octanol–water partition coefficient (Wildman–Crippen LogP) is 1.92. The standard InChI is InChI=1S/C8H10N2O2/c1-5-4-9-7(3)6(2)8(5)10(11)12/h4H,1-3H3. The fraction of sp³-hybridized carbons (Fsp3) is 0.375. The van der Waals surface area contributed by atoms with Crippen LogP contribution >= 0.6 is 0 Å². The molecule has 0 fully saturated rings. The Morgan fingerprint density at radius 3 is 2.42 bits per heavy atom. The van der Waals surface area contributed by atoms with Crippen LogP contribution in [-0.4, -0.2) is 9.91 Å². The fourth-order valence-electron chi connectivity index (χ4n) is 1.10. The predicted molar refractivity (Wildman–Crippen MR) is 45.1 cm³/mol. The zero-order valence-corrected chi connectivity index (χ0v) is 7.29. The molecule has 12 heavy (non-hydrogen) atoms.